The summed E-state index contributed by atoms with van der Waals surface area (Å²) in [6.45, 7) is 5.54. The molecule has 3 N–H and O–H groups in total. The molecule has 0 fully saturated rings. The van der Waals surface area contributed by atoms with Crippen LogP contribution in [-0.2, 0) is 0 Å². The molecule has 1 aromatic heterocycles. The van der Waals surface area contributed by atoms with Crippen molar-refractivity contribution in [3.63, 3.8) is 0 Å². The number of rotatable bonds is 1. The van der Waals surface area contributed by atoms with Gasteiger partial charge >= 0.3 is 0 Å². The highest BCUT2D eigenvalue weighted by molar-refractivity contribution is 5.24. The van der Waals surface area contributed by atoms with E-state index in [0.29, 0.717) is 5.56 Å². The molecular formula is C9H14N2O. The maximum absolute atomic E-state index is 11.4. The Labute approximate surface area is 71.6 Å². The number of pyridine rings is 1. The Hall–Kier alpha value is -1.09. The Balaban J connectivity index is 3.39. The molecule has 1 rings (SSSR count). The molecule has 1 aromatic rings. The van der Waals surface area contributed by atoms with Gasteiger partial charge in [-0.2, -0.15) is 0 Å². The number of hydrogen-bond acceptors (Lipinski definition) is 2. The summed E-state index contributed by atoms with van der Waals surface area (Å²) in [5.74, 6) is 0. The summed E-state index contributed by atoms with van der Waals surface area (Å²) in [5.41, 5.74) is 8.10. The first-order valence-corrected chi connectivity index (χ1v) is 3.98. The SMILES string of the molecule is Cc1cc(=O)c([C@@H](C)N)c(C)[nH]1. The van der Waals surface area contributed by atoms with Crippen LogP contribution in [0.4, 0.5) is 0 Å². The molecule has 0 amide bonds. The third-order valence-electron chi connectivity index (χ3n) is 1.86. The lowest BCUT2D eigenvalue weighted by molar-refractivity contribution is 0.788. The van der Waals surface area contributed by atoms with Crippen LogP contribution < -0.4 is 11.2 Å². The number of nitrogens with one attached hydrogen (secondary N) is 1. The lowest BCUT2D eigenvalue weighted by Gasteiger charge is -2.08. The minimum Gasteiger partial charge on any atom is -0.362 e. The van der Waals surface area contributed by atoms with Gasteiger partial charge in [0.1, 0.15) is 0 Å². The van der Waals surface area contributed by atoms with Crippen molar-refractivity contribution >= 4 is 0 Å². The molecule has 12 heavy (non-hydrogen) atoms. The molecule has 3 nitrogen and oxygen atoms in total. The normalized spacial score (nSPS) is 13.0. The first-order chi connectivity index (χ1) is 5.52. The molecule has 3 heteroatoms. The Bertz CT molecular complexity index is 339. The highest BCUT2D eigenvalue weighted by atomic mass is 16.1. The van der Waals surface area contributed by atoms with Gasteiger partial charge in [-0.05, 0) is 20.8 Å². The summed E-state index contributed by atoms with van der Waals surface area (Å²) in [4.78, 5) is 14.5. The maximum atomic E-state index is 11.4. The van der Waals surface area contributed by atoms with Gasteiger partial charge in [0.15, 0.2) is 5.43 Å². The van der Waals surface area contributed by atoms with E-state index >= 15 is 0 Å². The molecule has 1 atom stereocenters. The second kappa shape index (κ2) is 3.11. The molecule has 0 aromatic carbocycles. The van der Waals surface area contributed by atoms with E-state index in [1.807, 2.05) is 20.8 Å². The molecule has 0 aliphatic carbocycles. The molecule has 0 bridgehead atoms. The highest BCUT2D eigenvalue weighted by Gasteiger charge is 2.08. The van der Waals surface area contributed by atoms with E-state index in [-0.39, 0.29) is 11.5 Å². The molecule has 1 heterocycles. The summed E-state index contributed by atoms with van der Waals surface area (Å²) in [5, 5.41) is 0. The fraction of sp³-hybridized carbons (Fsp3) is 0.444. The Morgan fingerprint density at radius 2 is 2.08 bits per heavy atom. The summed E-state index contributed by atoms with van der Waals surface area (Å²) >= 11 is 0. The number of aromatic amines is 1. The van der Waals surface area contributed by atoms with Crippen LogP contribution in [0.1, 0.15) is 29.9 Å². The quantitative estimate of drug-likeness (QED) is 0.654. The molecule has 0 unspecified atom stereocenters. The second-order valence-electron chi connectivity index (χ2n) is 3.14. The van der Waals surface area contributed by atoms with Crippen LogP contribution in [0.25, 0.3) is 0 Å². The van der Waals surface area contributed by atoms with E-state index in [9.17, 15) is 4.79 Å². The van der Waals surface area contributed by atoms with Crippen LogP contribution >= 0.6 is 0 Å². The van der Waals surface area contributed by atoms with Gasteiger partial charge in [-0.1, -0.05) is 0 Å². The van der Waals surface area contributed by atoms with Gasteiger partial charge in [0.2, 0.25) is 0 Å². The molecule has 0 aliphatic heterocycles. The number of hydrogen-bond donors (Lipinski definition) is 2. The van der Waals surface area contributed by atoms with E-state index in [1.54, 1.807) is 6.07 Å². The van der Waals surface area contributed by atoms with Crippen molar-refractivity contribution in [1.82, 2.24) is 4.98 Å². The predicted octanol–water partition coefficient (Wildman–Crippen LogP) is 1.01. The van der Waals surface area contributed by atoms with Gasteiger partial charge in [0.25, 0.3) is 0 Å². The minimum absolute atomic E-state index is 0.0266. The van der Waals surface area contributed by atoms with E-state index in [1.165, 1.54) is 0 Å². The van der Waals surface area contributed by atoms with Crippen LogP contribution in [0, 0.1) is 13.8 Å². The third-order valence-corrected chi connectivity index (χ3v) is 1.86. The number of aromatic nitrogens is 1. The standard InChI is InChI=1S/C9H14N2O/c1-5-4-8(12)9(6(2)10)7(3)11-5/h4,6H,10H2,1-3H3,(H,11,12)/t6-/m1/s1. The molecule has 0 saturated carbocycles. The van der Waals surface area contributed by atoms with Gasteiger partial charge in [-0.25, -0.2) is 0 Å². The van der Waals surface area contributed by atoms with Gasteiger partial charge < -0.3 is 10.7 Å². The zero-order valence-corrected chi connectivity index (χ0v) is 7.64. The monoisotopic (exact) mass is 166 g/mol. The van der Waals surface area contributed by atoms with Crippen molar-refractivity contribution in [2.45, 2.75) is 26.8 Å². The van der Waals surface area contributed by atoms with Crippen LogP contribution in [0.3, 0.4) is 0 Å². The third kappa shape index (κ3) is 1.56. The summed E-state index contributed by atoms with van der Waals surface area (Å²) in [7, 11) is 0. The van der Waals surface area contributed by atoms with Crippen LogP contribution in [-0.4, -0.2) is 4.98 Å². The molecule has 0 radical (unpaired) electrons. The average molecular weight is 166 g/mol. The number of aryl methyl sites for hydroxylation is 2. The Morgan fingerprint density at radius 3 is 2.50 bits per heavy atom. The maximum Gasteiger partial charge on any atom is 0.186 e. The van der Waals surface area contributed by atoms with Crippen LogP contribution in [0.5, 0.6) is 0 Å². The fourth-order valence-corrected chi connectivity index (χ4v) is 1.42. The van der Waals surface area contributed by atoms with Crippen molar-refractivity contribution in [2.24, 2.45) is 5.73 Å². The van der Waals surface area contributed by atoms with Crippen LogP contribution in [0.15, 0.2) is 10.9 Å². The highest BCUT2D eigenvalue weighted by Crippen LogP contribution is 2.07. The van der Waals surface area contributed by atoms with E-state index in [0.717, 1.165) is 11.4 Å². The Kier molecular flexibility index (Phi) is 2.33. The fourth-order valence-electron chi connectivity index (χ4n) is 1.42. The predicted molar refractivity (Wildman–Crippen MR) is 49.1 cm³/mol. The first-order valence-electron chi connectivity index (χ1n) is 3.98. The van der Waals surface area contributed by atoms with Crippen LogP contribution in [0.2, 0.25) is 0 Å². The number of H-pyrrole nitrogens is 1. The molecular weight excluding hydrogens is 152 g/mol. The molecule has 0 saturated heterocycles. The first kappa shape index (κ1) is 9.00. The average Bonchev–Trinajstić information content (AvgIpc) is 1.82. The van der Waals surface area contributed by atoms with Crippen molar-refractivity contribution in [3.05, 3.63) is 33.2 Å². The smallest absolute Gasteiger partial charge is 0.186 e. The van der Waals surface area contributed by atoms with Crippen molar-refractivity contribution in [3.8, 4) is 0 Å². The van der Waals surface area contributed by atoms with Crippen molar-refractivity contribution < 1.29 is 0 Å². The zero-order chi connectivity index (χ0) is 9.30. The molecule has 66 valence electrons. The van der Waals surface area contributed by atoms with E-state index < -0.39 is 0 Å². The zero-order valence-electron chi connectivity index (χ0n) is 7.64. The summed E-state index contributed by atoms with van der Waals surface area (Å²) < 4.78 is 0. The van der Waals surface area contributed by atoms with Gasteiger partial charge in [-0.3, -0.25) is 4.79 Å². The molecule has 0 aliphatic rings. The largest absolute Gasteiger partial charge is 0.362 e. The summed E-state index contributed by atoms with van der Waals surface area (Å²) in [6, 6.07) is 1.38. The summed E-state index contributed by atoms with van der Waals surface area (Å²) in [6.07, 6.45) is 0. The van der Waals surface area contributed by atoms with E-state index in [4.69, 9.17) is 5.73 Å². The van der Waals surface area contributed by atoms with E-state index in [2.05, 4.69) is 4.98 Å². The minimum atomic E-state index is -0.200. The molecule has 0 spiro atoms. The Morgan fingerprint density at radius 1 is 1.50 bits per heavy atom. The van der Waals surface area contributed by atoms with Gasteiger partial charge in [0.05, 0.1) is 0 Å². The number of nitrogens with two attached hydrogens (primary N) is 1. The van der Waals surface area contributed by atoms with Gasteiger partial charge in [-0.15, -0.1) is 0 Å². The lowest BCUT2D eigenvalue weighted by atomic mass is 10.1. The van der Waals surface area contributed by atoms with Gasteiger partial charge in [0, 0.05) is 29.1 Å². The lowest BCUT2D eigenvalue weighted by Crippen LogP contribution is -2.20. The van der Waals surface area contributed by atoms with Crippen molar-refractivity contribution in [1.29, 1.82) is 0 Å². The second-order valence-corrected chi connectivity index (χ2v) is 3.14. The topological polar surface area (TPSA) is 58.9 Å². The van der Waals surface area contributed by atoms with Crippen molar-refractivity contribution in [2.75, 3.05) is 0 Å².